The lowest BCUT2D eigenvalue weighted by Gasteiger charge is -2.06. The van der Waals surface area contributed by atoms with Crippen molar-refractivity contribution in [2.45, 2.75) is 6.54 Å². The molecule has 0 unspecified atom stereocenters. The van der Waals surface area contributed by atoms with Gasteiger partial charge in [0.2, 0.25) is 5.88 Å². The van der Waals surface area contributed by atoms with Crippen LogP contribution in [-0.2, 0) is 6.54 Å². The molecule has 0 aliphatic rings. The largest absolute Gasteiger partial charge is 0.481 e. The van der Waals surface area contributed by atoms with E-state index in [1.807, 2.05) is 24.4 Å². The number of hydrogen-bond donors (Lipinski definition) is 2. The summed E-state index contributed by atoms with van der Waals surface area (Å²) in [6, 6.07) is 11.4. The summed E-state index contributed by atoms with van der Waals surface area (Å²) in [5.41, 5.74) is 2.65. The van der Waals surface area contributed by atoms with Gasteiger partial charge in [-0.1, -0.05) is 6.07 Å². The van der Waals surface area contributed by atoms with Gasteiger partial charge in [0, 0.05) is 30.5 Å². The van der Waals surface area contributed by atoms with Crippen molar-refractivity contribution in [1.82, 2.24) is 15.3 Å². The Labute approximate surface area is 122 Å². The molecule has 0 aliphatic carbocycles. The third kappa shape index (κ3) is 2.86. The van der Waals surface area contributed by atoms with Crippen molar-refractivity contribution >= 4 is 16.8 Å². The highest BCUT2D eigenvalue weighted by Crippen LogP contribution is 2.14. The average Bonchev–Trinajstić information content (AvgIpc) is 3.00. The van der Waals surface area contributed by atoms with E-state index in [4.69, 9.17) is 4.74 Å². The summed E-state index contributed by atoms with van der Waals surface area (Å²) >= 11 is 0. The molecule has 2 heterocycles. The number of carbonyl (C=O) groups is 1. The van der Waals surface area contributed by atoms with Crippen LogP contribution in [0.25, 0.3) is 10.9 Å². The fraction of sp³-hybridized carbons (Fsp3) is 0.125. The third-order valence-corrected chi connectivity index (χ3v) is 3.28. The zero-order valence-electron chi connectivity index (χ0n) is 11.6. The number of methoxy groups -OCH3 is 1. The molecule has 106 valence electrons. The fourth-order valence-electron chi connectivity index (χ4n) is 2.13. The summed E-state index contributed by atoms with van der Waals surface area (Å²) in [6.07, 6.45) is 3.40. The number of ether oxygens (including phenoxy) is 1. The van der Waals surface area contributed by atoms with Crippen LogP contribution in [0, 0.1) is 0 Å². The van der Waals surface area contributed by atoms with Crippen LogP contribution in [0.5, 0.6) is 5.88 Å². The summed E-state index contributed by atoms with van der Waals surface area (Å²) in [6.45, 7) is 0.478. The van der Waals surface area contributed by atoms with Gasteiger partial charge >= 0.3 is 0 Å². The van der Waals surface area contributed by atoms with Crippen LogP contribution >= 0.6 is 0 Å². The number of hydrogen-bond acceptors (Lipinski definition) is 3. The minimum absolute atomic E-state index is 0.153. The second kappa shape index (κ2) is 5.66. The zero-order chi connectivity index (χ0) is 14.7. The van der Waals surface area contributed by atoms with Crippen LogP contribution in [0.1, 0.15) is 15.9 Å². The van der Waals surface area contributed by atoms with Crippen molar-refractivity contribution in [3.8, 4) is 5.88 Å². The SMILES string of the molecule is COc1ccc(C(=O)NCc2ccc3[nH]ccc3c2)cn1. The molecule has 0 aliphatic heterocycles. The van der Waals surface area contributed by atoms with Gasteiger partial charge in [0.15, 0.2) is 0 Å². The van der Waals surface area contributed by atoms with E-state index in [-0.39, 0.29) is 5.91 Å². The molecule has 2 N–H and O–H groups in total. The first-order valence-corrected chi connectivity index (χ1v) is 6.60. The van der Waals surface area contributed by atoms with E-state index in [0.717, 1.165) is 16.5 Å². The number of pyridine rings is 1. The van der Waals surface area contributed by atoms with Gasteiger partial charge in [0.25, 0.3) is 5.91 Å². The molecule has 0 saturated heterocycles. The van der Waals surface area contributed by atoms with Crippen molar-refractivity contribution in [1.29, 1.82) is 0 Å². The van der Waals surface area contributed by atoms with Gasteiger partial charge in [0.1, 0.15) is 0 Å². The van der Waals surface area contributed by atoms with E-state index in [1.165, 1.54) is 6.20 Å². The molecule has 0 atom stereocenters. The van der Waals surface area contributed by atoms with Gasteiger partial charge in [-0.05, 0) is 35.2 Å². The molecule has 0 radical (unpaired) electrons. The number of nitrogens with zero attached hydrogens (tertiary/aromatic N) is 1. The molecule has 0 saturated carbocycles. The van der Waals surface area contributed by atoms with Gasteiger partial charge < -0.3 is 15.0 Å². The van der Waals surface area contributed by atoms with Gasteiger partial charge in [0.05, 0.1) is 12.7 Å². The predicted octanol–water partition coefficient (Wildman–Crippen LogP) is 2.50. The molecule has 1 amide bonds. The van der Waals surface area contributed by atoms with E-state index in [9.17, 15) is 4.79 Å². The lowest BCUT2D eigenvalue weighted by molar-refractivity contribution is 0.0950. The standard InChI is InChI=1S/C16H15N3O2/c1-21-15-5-3-13(10-18-15)16(20)19-9-11-2-4-14-12(8-11)6-7-17-14/h2-8,10,17H,9H2,1H3,(H,19,20). The smallest absolute Gasteiger partial charge is 0.253 e. The summed E-state index contributed by atoms with van der Waals surface area (Å²) in [5.74, 6) is 0.337. The highest BCUT2D eigenvalue weighted by atomic mass is 16.5. The molecule has 0 spiro atoms. The number of nitrogens with one attached hydrogen (secondary N) is 2. The number of amides is 1. The fourth-order valence-corrected chi connectivity index (χ4v) is 2.13. The Kier molecular flexibility index (Phi) is 3.55. The highest BCUT2D eigenvalue weighted by molar-refractivity contribution is 5.93. The molecule has 0 bridgehead atoms. The van der Waals surface area contributed by atoms with E-state index in [0.29, 0.717) is 18.0 Å². The number of rotatable bonds is 4. The van der Waals surface area contributed by atoms with Crippen molar-refractivity contribution in [3.05, 3.63) is 59.9 Å². The van der Waals surface area contributed by atoms with E-state index in [2.05, 4.69) is 21.4 Å². The minimum Gasteiger partial charge on any atom is -0.481 e. The van der Waals surface area contributed by atoms with Gasteiger partial charge in [-0.3, -0.25) is 4.79 Å². The molecule has 1 aromatic carbocycles. The average molecular weight is 281 g/mol. The predicted molar refractivity (Wildman–Crippen MR) is 80.3 cm³/mol. The first-order chi connectivity index (χ1) is 10.3. The van der Waals surface area contributed by atoms with Crippen molar-refractivity contribution in [2.24, 2.45) is 0 Å². The lowest BCUT2D eigenvalue weighted by Crippen LogP contribution is -2.22. The third-order valence-electron chi connectivity index (χ3n) is 3.28. The summed E-state index contributed by atoms with van der Waals surface area (Å²) in [7, 11) is 1.54. The molecule has 21 heavy (non-hydrogen) atoms. The molecule has 5 nitrogen and oxygen atoms in total. The number of H-pyrrole nitrogens is 1. The normalized spacial score (nSPS) is 10.5. The maximum Gasteiger partial charge on any atom is 0.253 e. The topological polar surface area (TPSA) is 67.0 Å². The molecule has 3 aromatic rings. The molecular weight excluding hydrogens is 266 g/mol. The van der Waals surface area contributed by atoms with Crippen molar-refractivity contribution in [2.75, 3.05) is 7.11 Å². The van der Waals surface area contributed by atoms with Gasteiger partial charge in [-0.25, -0.2) is 4.98 Å². The Morgan fingerprint density at radius 1 is 1.29 bits per heavy atom. The lowest BCUT2D eigenvalue weighted by atomic mass is 10.1. The highest BCUT2D eigenvalue weighted by Gasteiger charge is 2.06. The van der Waals surface area contributed by atoms with Crippen molar-refractivity contribution < 1.29 is 9.53 Å². The summed E-state index contributed by atoms with van der Waals surface area (Å²) < 4.78 is 4.97. The van der Waals surface area contributed by atoms with Crippen LogP contribution in [0.4, 0.5) is 0 Å². The first kappa shape index (κ1) is 13.2. The Bertz CT molecular complexity index is 763. The molecule has 5 heteroatoms. The first-order valence-electron chi connectivity index (χ1n) is 6.60. The minimum atomic E-state index is -0.153. The van der Waals surface area contributed by atoms with E-state index < -0.39 is 0 Å². The van der Waals surface area contributed by atoms with E-state index in [1.54, 1.807) is 19.2 Å². The van der Waals surface area contributed by atoms with Crippen LogP contribution < -0.4 is 10.1 Å². The number of fused-ring (bicyclic) bond motifs is 1. The van der Waals surface area contributed by atoms with Crippen LogP contribution in [0.2, 0.25) is 0 Å². The second-order valence-electron chi connectivity index (χ2n) is 4.67. The maximum atomic E-state index is 12.0. The number of aromatic amines is 1. The van der Waals surface area contributed by atoms with Crippen LogP contribution in [-0.4, -0.2) is 23.0 Å². The maximum absolute atomic E-state index is 12.0. The zero-order valence-corrected chi connectivity index (χ0v) is 11.6. The Morgan fingerprint density at radius 2 is 2.19 bits per heavy atom. The molecule has 0 fully saturated rings. The Balaban J connectivity index is 1.66. The van der Waals surface area contributed by atoms with Crippen LogP contribution in [0.15, 0.2) is 48.8 Å². The monoisotopic (exact) mass is 281 g/mol. The summed E-state index contributed by atoms with van der Waals surface area (Å²) in [5, 5.41) is 4.01. The Morgan fingerprint density at radius 3 is 2.95 bits per heavy atom. The summed E-state index contributed by atoms with van der Waals surface area (Å²) in [4.78, 5) is 19.2. The number of aromatic nitrogens is 2. The van der Waals surface area contributed by atoms with Crippen molar-refractivity contribution in [3.63, 3.8) is 0 Å². The second-order valence-corrected chi connectivity index (χ2v) is 4.67. The van der Waals surface area contributed by atoms with Crippen LogP contribution in [0.3, 0.4) is 0 Å². The van der Waals surface area contributed by atoms with E-state index >= 15 is 0 Å². The molecule has 2 aromatic heterocycles. The molecular formula is C16H15N3O2. The van der Waals surface area contributed by atoms with Gasteiger partial charge in [-0.2, -0.15) is 0 Å². The number of carbonyl (C=O) groups excluding carboxylic acids is 1. The molecule has 3 rings (SSSR count). The number of benzene rings is 1. The Hall–Kier alpha value is -2.82. The quantitative estimate of drug-likeness (QED) is 0.772. The van der Waals surface area contributed by atoms with Gasteiger partial charge in [-0.15, -0.1) is 0 Å².